The molecule has 1 rings (SSSR count). The average Bonchev–Trinajstić information content (AvgIpc) is 2.16. The number of rotatable bonds is 1. The summed E-state index contributed by atoms with van der Waals surface area (Å²) in [6.45, 7) is 1.21. The van der Waals surface area contributed by atoms with Crippen molar-refractivity contribution >= 4 is 17.5 Å². The Morgan fingerprint density at radius 3 is 2.86 bits per heavy atom. The zero-order valence-corrected chi connectivity index (χ0v) is 7.35. The van der Waals surface area contributed by atoms with E-state index in [9.17, 15) is 9.59 Å². The number of allylic oxidation sites excluding steroid dienone is 4. The Kier molecular flexibility index (Phi) is 2.92. The van der Waals surface area contributed by atoms with Crippen molar-refractivity contribution < 1.29 is 14.4 Å². The van der Waals surface area contributed by atoms with Gasteiger partial charge in [-0.2, -0.15) is 5.26 Å². The highest BCUT2D eigenvalue weighted by atomic mass is 16.7. The molecule has 0 saturated heterocycles. The highest BCUT2D eigenvalue weighted by molar-refractivity contribution is 6.20. The minimum Gasteiger partial charge on any atom is -0.318 e. The van der Waals surface area contributed by atoms with Gasteiger partial charge in [0.05, 0.1) is 0 Å². The normalized spacial score (nSPS) is 17.6. The molecule has 0 saturated carbocycles. The van der Waals surface area contributed by atoms with Gasteiger partial charge in [0, 0.05) is 6.92 Å². The van der Waals surface area contributed by atoms with Crippen molar-refractivity contribution in [2.45, 2.75) is 6.92 Å². The molecule has 0 radical (unpaired) electrons. The van der Waals surface area contributed by atoms with Crippen molar-refractivity contribution in [2.24, 2.45) is 5.16 Å². The fraction of sp³-hybridized carbons (Fsp3) is 0.111. The summed E-state index contributed by atoms with van der Waals surface area (Å²) < 4.78 is 0. The fourth-order valence-electron chi connectivity index (χ4n) is 0.779. The van der Waals surface area contributed by atoms with Gasteiger partial charge in [-0.1, -0.05) is 5.16 Å². The van der Waals surface area contributed by atoms with E-state index < -0.39 is 5.97 Å². The van der Waals surface area contributed by atoms with Crippen LogP contribution in [0, 0.1) is 11.3 Å². The Hall–Kier alpha value is -2.22. The number of carbonyl (C=O) groups excluding carboxylic acids is 2. The number of nitrogens with zero attached hydrogens (tertiary/aromatic N) is 2. The first-order valence-corrected chi connectivity index (χ1v) is 3.73. The molecule has 0 aliphatic heterocycles. The Morgan fingerprint density at radius 2 is 2.29 bits per heavy atom. The highest BCUT2D eigenvalue weighted by Gasteiger charge is 2.11. The van der Waals surface area contributed by atoms with Gasteiger partial charge in [-0.3, -0.25) is 4.79 Å². The molecular formula is C9H6N2O3. The van der Waals surface area contributed by atoms with E-state index in [2.05, 4.69) is 9.99 Å². The van der Waals surface area contributed by atoms with Gasteiger partial charge >= 0.3 is 5.97 Å². The van der Waals surface area contributed by atoms with Gasteiger partial charge in [0.15, 0.2) is 5.78 Å². The van der Waals surface area contributed by atoms with Gasteiger partial charge in [-0.25, -0.2) is 4.79 Å². The maximum absolute atomic E-state index is 11.0. The largest absolute Gasteiger partial charge is 0.331 e. The van der Waals surface area contributed by atoms with Crippen LogP contribution in [-0.2, 0) is 14.4 Å². The van der Waals surface area contributed by atoms with E-state index in [-0.39, 0.29) is 17.1 Å². The molecule has 0 amide bonds. The second-order valence-corrected chi connectivity index (χ2v) is 2.47. The third-order valence-electron chi connectivity index (χ3n) is 1.36. The molecule has 5 nitrogen and oxygen atoms in total. The summed E-state index contributed by atoms with van der Waals surface area (Å²) in [6.07, 6.45) is 3.82. The predicted molar refractivity (Wildman–Crippen MR) is 47.0 cm³/mol. The lowest BCUT2D eigenvalue weighted by molar-refractivity contribution is -0.140. The first kappa shape index (κ1) is 9.86. The number of hydrogen-bond acceptors (Lipinski definition) is 5. The lowest BCUT2D eigenvalue weighted by Gasteiger charge is -2.00. The Labute approximate surface area is 80.0 Å². The van der Waals surface area contributed by atoms with Crippen LogP contribution in [-0.4, -0.2) is 17.5 Å². The monoisotopic (exact) mass is 190 g/mol. The predicted octanol–water partition coefficient (Wildman–Crippen LogP) is 0.494. The highest BCUT2D eigenvalue weighted by Crippen LogP contribution is 2.05. The van der Waals surface area contributed by atoms with Crippen LogP contribution in [0.1, 0.15) is 6.92 Å². The molecule has 0 heterocycles. The van der Waals surface area contributed by atoms with E-state index >= 15 is 0 Å². The van der Waals surface area contributed by atoms with Gasteiger partial charge in [-0.05, 0) is 18.2 Å². The molecule has 0 N–H and O–H groups in total. The molecule has 0 atom stereocenters. The molecule has 1 aliphatic carbocycles. The third-order valence-corrected chi connectivity index (χ3v) is 1.36. The summed E-state index contributed by atoms with van der Waals surface area (Å²) in [6, 6.07) is 1.71. The van der Waals surface area contributed by atoms with E-state index in [4.69, 9.17) is 5.26 Å². The van der Waals surface area contributed by atoms with Crippen molar-refractivity contribution in [1.29, 1.82) is 5.26 Å². The van der Waals surface area contributed by atoms with Crippen molar-refractivity contribution in [3.05, 3.63) is 23.8 Å². The molecule has 0 aromatic rings. The number of hydrogen-bond donors (Lipinski definition) is 0. The van der Waals surface area contributed by atoms with Crippen LogP contribution in [0.4, 0.5) is 0 Å². The quantitative estimate of drug-likeness (QED) is 0.342. The van der Waals surface area contributed by atoms with Crippen LogP contribution < -0.4 is 0 Å². The summed E-state index contributed by atoms with van der Waals surface area (Å²) in [5.74, 6) is -0.941. The minimum absolute atomic E-state index is 0.0293. The van der Waals surface area contributed by atoms with Crippen molar-refractivity contribution in [1.82, 2.24) is 0 Å². The molecule has 14 heavy (non-hydrogen) atoms. The molecule has 0 aromatic carbocycles. The SMILES string of the molecule is CC(=O)O/N=C1/C=CC(=O)C(C#N)=C1. The molecule has 0 aromatic heterocycles. The molecule has 1 aliphatic rings. The van der Waals surface area contributed by atoms with E-state index in [0.717, 1.165) is 0 Å². The van der Waals surface area contributed by atoms with E-state index in [1.807, 2.05) is 0 Å². The first-order valence-electron chi connectivity index (χ1n) is 3.73. The molecule has 0 bridgehead atoms. The Morgan fingerprint density at radius 1 is 1.57 bits per heavy atom. The molecule has 5 heteroatoms. The topological polar surface area (TPSA) is 79.5 Å². The van der Waals surface area contributed by atoms with Gasteiger partial charge in [0.1, 0.15) is 17.4 Å². The second-order valence-electron chi connectivity index (χ2n) is 2.47. The number of ketones is 1. The fourth-order valence-corrected chi connectivity index (χ4v) is 0.779. The van der Waals surface area contributed by atoms with Gasteiger partial charge in [0.2, 0.25) is 0 Å². The van der Waals surface area contributed by atoms with E-state index in [1.54, 1.807) is 6.07 Å². The molecule has 0 fully saturated rings. The van der Waals surface area contributed by atoms with Gasteiger partial charge < -0.3 is 4.84 Å². The summed E-state index contributed by atoms with van der Waals surface area (Å²) in [5, 5.41) is 11.9. The summed E-state index contributed by atoms with van der Waals surface area (Å²) in [4.78, 5) is 25.7. The zero-order valence-electron chi connectivity index (χ0n) is 7.35. The van der Waals surface area contributed by atoms with Crippen LogP contribution in [0.5, 0.6) is 0 Å². The van der Waals surface area contributed by atoms with E-state index in [0.29, 0.717) is 0 Å². The summed E-state index contributed by atoms with van der Waals surface area (Å²) in [7, 11) is 0. The van der Waals surface area contributed by atoms with Crippen LogP contribution >= 0.6 is 0 Å². The van der Waals surface area contributed by atoms with Crippen molar-refractivity contribution in [3.8, 4) is 6.07 Å². The van der Waals surface area contributed by atoms with Crippen molar-refractivity contribution in [2.75, 3.05) is 0 Å². The lowest BCUT2D eigenvalue weighted by Crippen LogP contribution is -2.07. The van der Waals surface area contributed by atoms with Crippen molar-refractivity contribution in [3.63, 3.8) is 0 Å². The standard InChI is InChI=1S/C9H6N2O3/c1-6(12)14-11-8-2-3-9(13)7(4-8)5-10/h2-4H,1H3/b11-8-. The lowest BCUT2D eigenvalue weighted by atomic mass is 10.1. The van der Waals surface area contributed by atoms with Crippen LogP contribution in [0.2, 0.25) is 0 Å². The summed E-state index contributed by atoms with van der Waals surface area (Å²) in [5.41, 5.74) is 0.231. The summed E-state index contributed by atoms with van der Waals surface area (Å²) >= 11 is 0. The van der Waals surface area contributed by atoms with Crippen LogP contribution in [0.25, 0.3) is 0 Å². The Bertz CT molecular complexity index is 410. The number of carbonyl (C=O) groups is 2. The van der Waals surface area contributed by atoms with Crippen LogP contribution in [0.15, 0.2) is 29.0 Å². The van der Waals surface area contributed by atoms with Gasteiger partial charge in [-0.15, -0.1) is 0 Å². The Balaban J connectivity index is 2.85. The minimum atomic E-state index is -0.560. The zero-order chi connectivity index (χ0) is 10.6. The average molecular weight is 190 g/mol. The maximum Gasteiger partial charge on any atom is 0.331 e. The van der Waals surface area contributed by atoms with E-state index in [1.165, 1.54) is 25.2 Å². The number of oxime groups is 1. The smallest absolute Gasteiger partial charge is 0.318 e. The first-order chi connectivity index (χ1) is 6.63. The van der Waals surface area contributed by atoms with Crippen LogP contribution in [0.3, 0.4) is 0 Å². The molecule has 70 valence electrons. The molecular weight excluding hydrogens is 184 g/mol. The molecule has 0 unspecified atom stereocenters. The van der Waals surface area contributed by atoms with Gasteiger partial charge in [0.25, 0.3) is 0 Å². The number of nitriles is 1. The maximum atomic E-state index is 11.0. The second kappa shape index (κ2) is 4.14. The third kappa shape index (κ3) is 2.38. The molecule has 0 spiro atoms.